The molecule has 8 aromatic carbocycles. The molecule has 0 atom stereocenters. The molecule has 266 valence electrons. The normalized spacial score (nSPS) is 13.0. The Morgan fingerprint density at radius 2 is 0.474 bits per heavy atom. The zero-order valence-electron chi connectivity index (χ0n) is 31.4. The molecule has 0 saturated carbocycles. The summed E-state index contributed by atoms with van der Waals surface area (Å²) >= 11 is -4.15. The minimum absolute atomic E-state index is 0.975. The van der Waals surface area contributed by atoms with Crippen molar-refractivity contribution in [1.29, 1.82) is 0 Å². The number of hydrogen-bond donors (Lipinski definition) is 0. The number of allylic oxidation sites excluding steroid dienone is 2. The Hall–Kier alpha value is -7.10. The quantitative estimate of drug-likeness (QED) is 0.116. The van der Waals surface area contributed by atoms with Gasteiger partial charge in [0.2, 0.25) is 0 Å². The van der Waals surface area contributed by atoms with Crippen molar-refractivity contribution in [3.63, 3.8) is 0 Å². The van der Waals surface area contributed by atoms with Crippen molar-refractivity contribution in [2.45, 2.75) is 0 Å². The van der Waals surface area contributed by atoms with Gasteiger partial charge in [0, 0.05) is 0 Å². The van der Waals surface area contributed by atoms with Crippen LogP contribution in [-0.2, 0) is 0 Å². The van der Waals surface area contributed by atoms with E-state index >= 15 is 0 Å². The van der Waals surface area contributed by atoms with Crippen LogP contribution < -0.4 is 0 Å². The maximum absolute atomic E-state index is 4.15. The van der Waals surface area contributed by atoms with Gasteiger partial charge >= 0.3 is 341 Å². The topological polar surface area (TPSA) is 0 Å². The van der Waals surface area contributed by atoms with Gasteiger partial charge in [-0.25, -0.2) is 0 Å². The van der Waals surface area contributed by atoms with E-state index in [1.807, 2.05) is 0 Å². The summed E-state index contributed by atoms with van der Waals surface area (Å²) < 4.78 is 10.8. The molecule has 0 saturated heterocycles. The fourth-order valence-corrected chi connectivity index (χ4v) is 16.2. The molecule has 1 heteroatoms. The number of hydrogen-bond acceptors (Lipinski definition) is 0. The number of benzene rings is 8. The van der Waals surface area contributed by atoms with Gasteiger partial charge in [-0.15, -0.1) is 0 Å². The van der Waals surface area contributed by atoms with Crippen molar-refractivity contribution < 1.29 is 0 Å². The van der Waals surface area contributed by atoms with Crippen molar-refractivity contribution in [1.82, 2.24) is 0 Å². The van der Waals surface area contributed by atoms with Crippen LogP contribution in [0, 0.1) is 21.3 Å². The van der Waals surface area contributed by atoms with E-state index in [0.29, 0.717) is 0 Å². The maximum atomic E-state index is 4.12. The third-order valence-corrected chi connectivity index (χ3v) is 18.0. The second-order valence-corrected chi connectivity index (χ2v) is 20.4. The van der Waals surface area contributed by atoms with Crippen LogP contribution in [0.4, 0.5) is 0 Å². The van der Waals surface area contributed by atoms with Crippen molar-refractivity contribution >= 4 is 33.2 Å². The zero-order valence-corrected chi connectivity index (χ0v) is 33.5. The molecule has 0 aromatic heterocycles. The Kier molecular flexibility index (Phi) is 10.2. The SMILES string of the molecule is C(#[C][Ge]1([C]#Cc2ccc(-c3ccccc3)cc2)[C](c2ccccc2)=C(c2ccccc2)C(c2ccccc2)=[C]1c1ccccc1)c1ccc(-c2ccccc2)cc1. The van der Waals surface area contributed by atoms with Crippen LogP contribution in [0.2, 0.25) is 0 Å². The molecule has 57 heavy (non-hydrogen) atoms. The van der Waals surface area contributed by atoms with Crippen LogP contribution in [-0.4, -0.2) is 13.3 Å². The predicted molar refractivity (Wildman–Crippen MR) is 243 cm³/mol. The van der Waals surface area contributed by atoms with Crippen molar-refractivity contribution in [3.05, 3.63) is 264 Å². The van der Waals surface area contributed by atoms with Gasteiger partial charge in [0.25, 0.3) is 0 Å². The van der Waals surface area contributed by atoms with Gasteiger partial charge in [-0.05, 0) is 0 Å². The first-order valence-electron chi connectivity index (χ1n) is 19.4. The van der Waals surface area contributed by atoms with E-state index in [-0.39, 0.29) is 0 Å². The second-order valence-electron chi connectivity index (χ2n) is 14.1. The summed E-state index contributed by atoms with van der Waals surface area (Å²) in [5, 5.41) is 0. The van der Waals surface area contributed by atoms with Gasteiger partial charge in [-0.1, -0.05) is 0 Å². The summed E-state index contributed by atoms with van der Waals surface area (Å²) in [4.78, 5) is 0. The Morgan fingerprint density at radius 1 is 0.228 bits per heavy atom. The van der Waals surface area contributed by atoms with Gasteiger partial charge in [-0.2, -0.15) is 0 Å². The van der Waals surface area contributed by atoms with E-state index in [1.165, 1.54) is 53.3 Å². The standard InChI is InChI=1S/C56H38Ge/c1-7-19-45(20-8-1)47-35-31-43(32-36-47)39-41-57(42-40-44-33-37-48(38-34-44)46-21-9-2-10-22-46)55(51-27-15-5-16-28-51)53(49-23-11-3-12-24-49)54(50-25-13-4-14-26-50)56(57)52-29-17-6-18-30-52/h1-38H. The molecule has 0 spiro atoms. The molecule has 1 aliphatic heterocycles. The van der Waals surface area contributed by atoms with Gasteiger partial charge in [0.1, 0.15) is 0 Å². The third kappa shape index (κ3) is 7.36. The zero-order chi connectivity index (χ0) is 38.3. The van der Waals surface area contributed by atoms with E-state index in [9.17, 15) is 0 Å². The second kappa shape index (κ2) is 16.3. The third-order valence-electron chi connectivity index (χ3n) is 10.5. The van der Waals surface area contributed by atoms with E-state index in [0.717, 1.165) is 22.3 Å². The van der Waals surface area contributed by atoms with E-state index in [2.05, 4.69) is 252 Å². The molecule has 1 heterocycles. The van der Waals surface area contributed by atoms with Gasteiger partial charge in [0.05, 0.1) is 0 Å². The molecule has 0 aliphatic carbocycles. The first-order chi connectivity index (χ1) is 28.3. The molecule has 0 amide bonds. The summed E-state index contributed by atoms with van der Waals surface area (Å²) in [6.45, 7) is 0. The Morgan fingerprint density at radius 3 is 0.772 bits per heavy atom. The first kappa shape index (κ1) is 35.6. The fourth-order valence-electron chi connectivity index (χ4n) is 7.83. The van der Waals surface area contributed by atoms with E-state index in [1.54, 1.807) is 0 Å². The molecule has 0 unspecified atom stereocenters. The Balaban J connectivity index is 1.35. The van der Waals surface area contributed by atoms with Crippen molar-refractivity contribution in [2.24, 2.45) is 0 Å². The first-order valence-corrected chi connectivity index (χ1v) is 23.6. The van der Waals surface area contributed by atoms with Crippen molar-refractivity contribution in [2.75, 3.05) is 0 Å². The summed E-state index contributed by atoms with van der Waals surface area (Å²) in [7, 11) is 0. The summed E-state index contributed by atoms with van der Waals surface area (Å²) in [6.07, 6.45) is 0. The van der Waals surface area contributed by atoms with Gasteiger partial charge in [0.15, 0.2) is 0 Å². The Bertz CT molecular complexity index is 2610. The average molecular weight is 784 g/mol. The summed E-state index contributed by atoms with van der Waals surface area (Å²) in [6, 6.07) is 81.9. The van der Waals surface area contributed by atoms with Crippen LogP contribution in [0.3, 0.4) is 0 Å². The van der Waals surface area contributed by atoms with Crippen LogP contribution >= 0.6 is 0 Å². The molecule has 0 bridgehead atoms. The predicted octanol–water partition coefficient (Wildman–Crippen LogP) is 13.3. The molecular formula is C56H38Ge. The minimum atomic E-state index is -4.15. The molecule has 0 radical (unpaired) electrons. The molecule has 0 nitrogen and oxygen atoms in total. The molecular weight excluding hydrogens is 745 g/mol. The van der Waals surface area contributed by atoms with Crippen molar-refractivity contribution in [3.8, 4) is 43.6 Å². The summed E-state index contributed by atoms with van der Waals surface area (Å²) in [5.41, 5.74) is 13.8. The molecule has 9 rings (SSSR count). The molecule has 0 N–H and O–H groups in total. The number of rotatable bonds is 6. The van der Waals surface area contributed by atoms with Crippen LogP contribution in [0.1, 0.15) is 33.4 Å². The van der Waals surface area contributed by atoms with E-state index < -0.39 is 13.3 Å². The molecule has 0 fully saturated rings. The molecule has 1 aliphatic rings. The van der Waals surface area contributed by atoms with Gasteiger partial charge in [-0.3, -0.25) is 0 Å². The Labute approximate surface area is 338 Å². The van der Waals surface area contributed by atoms with E-state index in [4.69, 9.17) is 0 Å². The average Bonchev–Trinajstić information content (AvgIpc) is 3.61. The van der Waals surface area contributed by atoms with Crippen LogP contribution in [0.15, 0.2) is 231 Å². The van der Waals surface area contributed by atoms with Crippen LogP contribution in [0.25, 0.3) is 42.2 Å². The molecule has 8 aromatic rings. The van der Waals surface area contributed by atoms with Gasteiger partial charge < -0.3 is 0 Å². The fraction of sp³-hybridized carbons (Fsp3) is 0. The van der Waals surface area contributed by atoms with Crippen LogP contribution in [0.5, 0.6) is 0 Å². The monoisotopic (exact) mass is 784 g/mol. The summed E-state index contributed by atoms with van der Waals surface area (Å²) in [5.74, 6) is 7.56.